The molecule has 3 heterocycles. The Balaban J connectivity index is 1.44. The van der Waals surface area contributed by atoms with Gasteiger partial charge < -0.3 is 14.4 Å². The van der Waals surface area contributed by atoms with Gasteiger partial charge in [-0.05, 0) is 23.8 Å². The van der Waals surface area contributed by atoms with Gasteiger partial charge in [-0.25, -0.2) is 10.0 Å². The molecule has 8 nitrogen and oxygen atoms in total. The number of amides is 3. The van der Waals surface area contributed by atoms with E-state index in [0.29, 0.717) is 56.0 Å². The Labute approximate surface area is 192 Å². The van der Waals surface area contributed by atoms with Gasteiger partial charge in [-0.2, -0.15) is 0 Å². The van der Waals surface area contributed by atoms with Gasteiger partial charge in [0.25, 0.3) is 5.91 Å². The quantitative estimate of drug-likeness (QED) is 0.720. The Hall–Kier alpha value is -3.23. The Morgan fingerprint density at radius 2 is 1.61 bits per heavy atom. The predicted octanol–water partition coefficient (Wildman–Crippen LogP) is 2.91. The molecule has 1 unspecified atom stereocenters. The lowest BCUT2D eigenvalue weighted by molar-refractivity contribution is -0.187. The summed E-state index contributed by atoms with van der Waals surface area (Å²) in [4.78, 5) is 41.4. The fraction of sp³-hybridized carbons (Fsp3) is 0.400. The van der Waals surface area contributed by atoms with E-state index in [-0.39, 0.29) is 24.1 Å². The summed E-state index contributed by atoms with van der Waals surface area (Å²) in [6.07, 6.45) is 1.35. The fourth-order valence-corrected chi connectivity index (χ4v) is 5.01. The molecule has 2 aromatic carbocycles. The van der Waals surface area contributed by atoms with Crippen molar-refractivity contribution >= 4 is 23.4 Å². The number of carbonyl (C=O) groups excluding carboxylic acids is 3. The minimum absolute atomic E-state index is 0.0590. The predicted molar refractivity (Wildman–Crippen MR) is 120 cm³/mol. The molecular weight excluding hydrogens is 422 g/mol. The van der Waals surface area contributed by atoms with Crippen LogP contribution in [0.25, 0.3) is 0 Å². The van der Waals surface area contributed by atoms with Crippen molar-refractivity contribution in [2.45, 2.75) is 38.0 Å². The van der Waals surface area contributed by atoms with Crippen molar-refractivity contribution in [3.63, 3.8) is 0 Å². The van der Waals surface area contributed by atoms with Gasteiger partial charge in [-0.3, -0.25) is 14.4 Å². The average Bonchev–Trinajstić information content (AvgIpc) is 3.29. The molecule has 0 radical (unpaired) electrons. The zero-order valence-electron chi connectivity index (χ0n) is 18.6. The van der Waals surface area contributed by atoms with Gasteiger partial charge in [0, 0.05) is 38.4 Å². The van der Waals surface area contributed by atoms with Crippen LogP contribution in [-0.2, 0) is 19.1 Å². The average molecular weight is 450 g/mol. The van der Waals surface area contributed by atoms with Gasteiger partial charge >= 0.3 is 0 Å². The first kappa shape index (κ1) is 21.6. The lowest BCUT2D eigenvalue weighted by Crippen LogP contribution is -2.56. The van der Waals surface area contributed by atoms with Crippen LogP contribution in [0.15, 0.2) is 54.6 Å². The van der Waals surface area contributed by atoms with E-state index < -0.39 is 11.8 Å². The number of likely N-dealkylation sites (tertiary alicyclic amines) is 1. The van der Waals surface area contributed by atoms with Crippen molar-refractivity contribution in [1.29, 1.82) is 0 Å². The van der Waals surface area contributed by atoms with Gasteiger partial charge in [0.1, 0.15) is 0 Å². The number of fused-ring (bicyclic) bond motifs is 1. The van der Waals surface area contributed by atoms with Gasteiger partial charge in [0.15, 0.2) is 5.79 Å². The number of ether oxygens (including phenoxy) is 2. The molecule has 172 valence electrons. The summed E-state index contributed by atoms with van der Waals surface area (Å²) >= 11 is 0. The molecule has 2 saturated heterocycles. The highest BCUT2D eigenvalue weighted by molar-refractivity contribution is 6.09. The Morgan fingerprint density at radius 3 is 2.27 bits per heavy atom. The largest absolute Gasteiger partial charge is 0.347 e. The number of hydrazine groups is 1. The van der Waals surface area contributed by atoms with E-state index in [1.165, 1.54) is 16.9 Å². The lowest BCUT2D eigenvalue weighted by Gasteiger charge is -2.45. The molecule has 2 fully saturated rings. The first-order chi connectivity index (χ1) is 16.0. The number of para-hydroxylation sites is 1. The van der Waals surface area contributed by atoms with Crippen LogP contribution >= 0.6 is 0 Å². The van der Waals surface area contributed by atoms with Gasteiger partial charge in [0.2, 0.25) is 11.8 Å². The SMILES string of the molecule is CC(=O)N1C(CC(=O)N2CCC3(CC2)OCCO3)c2ccccc2C(=O)N1c1ccccc1. The summed E-state index contributed by atoms with van der Waals surface area (Å²) in [7, 11) is 0. The summed E-state index contributed by atoms with van der Waals surface area (Å²) in [6.45, 7) is 3.67. The smallest absolute Gasteiger partial charge is 0.277 e. The number of rotatable bonds is 3. The van der Waals surface area contributed by atoms with Crippen LogP contribution in [0.3, 0.4) is 0 Å². The van der Waals surface area contributed by atoms with E-state index in [1.54, 1.807) is 29.2 Å². The zero-order chi connectivity index (χ0) is 23.0. The van der Waals surface area contributed by atoms with Crippen LogP contribution in [0.1, 0.15) is 48.1 Å². The standard InChI is InChI=1S/C25H27N3O5/c1-18(29)27-22(17-23(30)26-13-11-25(12-14-26)32-15-16-33-25)20-9-5-6-10-21(20)24(31)28(27)19-7-3-2-4-8-19/h2-10,22H,11-17H2,1H3. The molecular formula is C25H27N3O5. The molecule has 8 heteroatoms. The third-order valence-electron chi connectivity index (χ3n) is 6.64. The number of carbonyl (C=O) groups is 3. The summed E-state index contributed by atoms with van der Waals surface area (Å²) in [5.41, 5.74) is 1.77. The van der Waals surface area contributed by atoms with Crippen molar-refractivity contribution in [2.24, 2.45) is 0 Å². The fourth-order valence-electron chi connectivity index (χ4n) is 5.01. The van der Waals surface area contributed by atoms with Crippen LogP contribution in [0.4, 0.5) is 5.69 Å². The summed E-state index contributed by atoms with van der Waals surface area (Å²) in [5, 5.41) is 2.82. The molecule has 5 rings (SSSR count). The summed E-state index contributed by atoms with van der Waals surface area (Å²) < 4.78 is 11.5. The van der Waals surface area contributed by atoms with Gasteiger partial charge in [0.05, 0.1) is 31.4 Å². The van der Waals surface area contributed by atoms with Gasteiger partial charge in [-0.15, -0.1) is 0 Å². The third-order valence-corrected chi connectivity index (χ3v) is 6.64. The topological polar surface area (TPSA) is 79.4 Å². The third kappa shape index (κ3) is 3.89. The van der Waals surface area contributed by atoms with Crippen molar-refractivity contribution < 1.29 is 23.9 Å². The second-order valence-corrected chi connectivity index (χ2v) is 8.61. The van der Waals surface area contributed by atoms with Crippen LogP contribution in [-0.4, -0.2) is 59.7 Å². The zero-order valence-corrected chi connectivity index (χ0v) is 18.6. The Kier molecular flexibility index (Phi) is 5.64. The number of hydrogen-bond acceptors (Lipinski definition) is 5. The number of benzene rings is 2. The van der Waals surface area contributed by atoms with Crippen LogP contribution in [0, 0.1) is 0 Å². The number of piperidine rings is 1. The van der Waals surface area contributed by atoms with E-state index >= 15 is 0 Å². The van der Waals surface area contributed by atoms with Crippen LogP contribution in [0.5, 0.6) is 0 Å². The maximum Gasteiger partial charge on any atom is 0.277 e. The van der Waals surface area contributed by atoms with Crippen molar-refractivity contribution in [3.8, 4) is 0 Å². The lowest BCUT2D eigenvalue weighted by atomic mass is 9.93. The maximum atomic E-state index is 13.4. The van der Waals surface area contributed by atoms with Crippen molar-refractivity contribution in [3.05, 3.63) is 65.7 Å². The molecule has 0 aliphatic carbocycles. The molecule has 3 aliphatic rings. The monoisotopic (exact) mass is 449 g/mol. The molecule has 0 bridgehead atoms. The van der Waals surface area contributed by atoms with E-state index in [4.69, 9.17) is 9.47 Å². The minimum atomic E-state index is -0.584. The number of nitrogens with zero attached hydrogens (tertiary/aromatic N) is 3. The Morgan fingerprint density at radius 1 is 0.970 bits per heavy atom. The highest BCUT2D eigenvalue weighted by Gasteiger charge is 2.44. The molecule has 2 aromatic rings. The number of hydrogen-bond donors (Lipinski definition) is 0. The highest BCUT2D eigenvalue weighted by Crippen LogP contribution is 2.38. The molecule has 3 amide bonds. The summed E-state index contributed by atoms with van der Waals surface area (Å²) in [5.74, 6) is -1.21. The molecule has 0 aromatic heterocycles. The first-order valence-corrected chi connectivity index (χ1v) is 11.3. The molecule has 3 aliphatic heterocycles. The number of anilines is 1. The first-order valence-electron chi connectivity index (χ1n) is 11.3. The van der Waals surface area contributed by atoms with Gasteiger partial charge in [-0.1, -0.05) is 36.4 Å². The molecule has 0 saturated carbocycles. The summed E-state index contributed by atoms with van der Waals surface area (Å²) in [6, 6.07) is 15.7. The highest BCUT2D eigenvalue weighted by atomic mass is 16.7. The second kappa shape index (κ2) is 8.61. The maximum absolute atomic E-state index is 13.4. The molecule has 1 atom stereocenters. The van der Waals surface area contributed by atoms with Crippen molar-refractivity contribution in [2.75, 3.05) is 31.3 Å². The second-order valence-electron chi connectivity index (χ2n) is 8.61. The molecule has 1 spiro atoms. The van der Waals surface area contributed by atoms with E-state index in [2.05, 4.69) is 0 Å². The molecule has 33 heavy (non-hydrogen) atoms. The normalized spacial score (nSPS) is 21.9. The van der Waals surface area contributed by atoms with E-state index in [9.17, 15) is 14.4 Å². The van der Waals surface area contributed by atoms with Crippen LogP contribution in [0.2, 0.25) is 0 Å². The van der Waals surface area contributed by atoms with E-state index in [1.807, 2.05) is 30.3 Å². The Bertz CT molecular complexity index is 1060. The minimum Gasteiger partial charge on any atom is -0.347 e. The van der Waals surface area contributed by atoms with E-state index in [0.717, 1.165) is 0 Å². The van der Waals surface area contributed by atoms with Crippen LogP contribution < -0.4 is 5.01 Å². The molecule has 0 N–H and O–H groups in total. The van der Waals surface area contributed by atoms with Crippen molar-refractivity contribution in [1.82, 2.24) is 9.91 Å².